The summed E-state index contributed by atoms with van der Waals surface area (Å²) in [5.74, 6) is 0.741. The third-order valence-electron chi connectivity index (χ3n) is 6.98. The number of piperazine rings is 1. The molecule has 202 valence electrons. The van der Waals surface area contributed by atoms with Crippen molar-refractivity contribution in [3.63, 3.8) is 0 Å². The molecule has 39 heavy (non-hydrogen) atoms. The van der Waals surface area contributed by atoms with E-state index in [0.29, 0.717) is 36.3 Å². The lowest BCUT2D eigenvalue weighted by Crippen LogP contribution is -2.48. The van der Waals surface area contributed by atoms with Gasteiger partial charge in [0.1, 0.15) is 5.75 Å². The van der Waals surface area contributed by atoms with Gasteiger partial charge in [0.05, 0.1) is 22.8 Å². The normalized spacial score (nSPS) is 14.4. The summed E-state index contributed by atoms with van der Waals surface area (Å²) in [6.45, 7) is 6.43. The van der Waals surface area contributed by atoms with E-state index in [9.17, 15) is 13.2 Å². The highest BCUT2D eigenvalue weighted by atomic mass is 32.2. The van der Waals surface area contributed by atoms with Crippen molar-refractivity contribution in [1.82, 2.24) is 14.8 Å². The van der Waals surface area contributed by atoms with Crippen molar-refractivity contribution in [2.75, 3.05) is 32.8 Å². The summed E-state index contributed by atoms with van der Waals surface area (Å²) in [5, 5.41) is 0.786. The van der Waals surface area contributed by atoms with Crippen LogP contribution in [0.2, 0.25) is 0 Å². The smallest absolute Gasteiger partial charge is 0.253 e. The van der Waals surface area contributed by atoms with Crippen molar-refractivity contribution < 1.29 is 17.9 Å². The van der Waals surface area contributed by atoms with Crippen molar-refractivity contribution in [3.05, 3.63) is 102 Å². The Morgan fingerprint density at radius 3 is 2.41 bits per heavy atom. The molecular formula is C31H33N3O4S. The van der Waals surface area contributed by atoms with Gasteiger partial charge in [0.15, 0.2) is 9.84 Å². The molecule has 0 unspecified atom stereocenters. The topological polar surface area (TPSA) is 79.8 Å². The quantitative estimate of drug-likeness (QED) is 0.297. The summed E-state index contributed by atoms with van der Waals surface area (Å²) in [6, 6.07) is 23.9. The lowest BCUT2D eigenvalue weighted by Gasteiger charge is -2.35. The number of carbonyl (C=O) groups is 1. The maximum absolute atomic E-state index is 13.2. The van der Waals surface area contributed by atoms with E-state index < -0.39 is 9.84 Å². The Kier molecular flexibility index (Phi) is 8.24. The minimum absolute atomic E-state index is 0.0333. The Hall–Kier alpha value is -3.75. The molecule has 1 amide bonds. The molecule has 1 aromatic heterocycles. The van der Waals surface area contributed by atoms with E-state index in [1.54, 1.807) is 48.7 Å². The monoisotopic (exact) mass is 543 g/mol. The van der Waals surface area contributed by atoms with Crippen LogP contribution in [0, 0.1) is 0 Å². The van der Waals surface area contributed by atoms with Crippen molar-refractivity contribution in [2.45, 2.75) is 30.5 Å². The molecule has 4 aromatic rings. The Balaban J connectivity index is 1.19. The van der Waals surface area contributed by atoms with Crippen molar-refractivity contribution in [3.8, 4) is 5.75 Å². The van der Waals surface area contributed by atoms with E-state index in [0.717, 1.165) is 42.8 Å². The Labute approximate surface area is 230 Å². The summed E-state index contributed by atoms with van der Waals surface area (Å²) in [4.78, 5) is 21.9. The van der Waals surface area contributed by atoms with Crippen LogP contribution in [-0.4, -0.2) is 61.9 Å². The minimum Gasteiger partial charge on any atom is -0.493 e. The summed E-state index contributed by atoms with van der Waals surface area (Å²) in [5.41, 5.74) is 2.83. The number of pyridine rings is 1. The molecule has 1 aliphatic rings. The molecule has 0 saturated carbocycles. The van der Waals surface area contributed by atoms with Crippen LogP contribution in [0.3, 0.4) is 0 Å². The van der Waals surface area contributed by atoms with Crippen LogP contribution in [-0.2, 0) is 22.1 Å². The SMILES string of the molecule is CCCOc1ccccc1CN1CCN(C(=O)c2ccc(CS(=O)(=O)c3cccc4cccnc34)cc2)CC1. The van der Waals surface area contributed by atoms with Crippen LogP contribution >= 0.6 is 0 Å². The molecule has 0 aliphatic carbocycles. The number of para-hydroxylation sites is 2. The second kappa shape index (κ2) is 12.0. The molecule has 0 bridgehead atoms. The first-order valence-corrected chi connectivity index (χ1v) is 15.0. The average Bonchev–Trinajstić information content (AvgIpc) is 2.96. The van der Waals surface area contributed by atoms with Gasteiger partial charge in [-0.1, -0.05) is 55.5 Å². The van der Waals surface area contributed by atoms with E-state index in [1.807, 2.05) is 35.2 Å². The van der Waals surface area contributed by atoms with Crippen molar-refractivity contribution in [2.24, 2.45) is 0 Å². The molecule has 0 N–H and O–H groups in total. The van der Waals surface area contributed by atoms with Crippen molar-refractivity contribution in [1.29, 1.82) is 0 Å². The summed E-state index contributed by atoms with van der Waals surface area (Å²) >= 11 is 0. The van der Waals surface area contributed by atoms with E-state index in [2.05, 4.69) is 22.9 Å². The van der Waals surface area contributed by atoms with E-state index >= 15 is 0 Å². The van der Waals surface area contributed by atoms with Gasteiger partial charge in [0, 0.05) is 55.4 Å². The molecule has 7 nitrogen and oxygen atoms in total. The van der Waals surface area contributed by atoms with Gasteiger partial charge < -0.3 is 9.64 Å². The number of fused-ring (bicyclic) bond motifs is 1. The van der Waals surface area contributed by atoms with Gasteiger partial charge in [-0.25, -0.2) is 8.42 Å². The van der Waals surface area contributed by atoms with Gasteiger partial charge in [-0.3, -0.25) is 14.7 Å². The molecule has 8 heteroatoms. The largest absolute Gasteiger partial charge is 0.493 e. The zero-order chi connectivity index (χ0) is 27.2. The lowest BCUT2D eigenvalue weighted by molar-refractivity contribution is 0.0627. The van der Waals surface area contributed by atoms with Crippen LogP contribution < -0.4 is 4.74 Å². The Morgan fingerprint density at radius 1 is 0.897 bits per heavy atom. The molecule has 1 saturated heterocycles. The molecule has 2 heterocycles. The number of hydrogen-bond donors (Lipinski definition) is 0. The fraction of sp³-hybridized carbons (Fsp3) is 0.290. The standard InChI is InChI=1S/C31H33N3O4S/c1-2-21-38-28-10-4-3-7-27(28)22-33-17-19-34(20-18-33)31(35)26-14-12-24(13-15-26)23-39(36,37)29-11-5-8-25-9-6-16-32-30(25)29/h3-16H,2,17-23H2,1H3. The minimum atomic E-state index is -3.61. The average molecular weight is 544 g/mol. The molecule has 1 fully saturated rings. The van der Waals surface area contributed by atoms with E-state index in [-0.39, 0.29) is 16.6 Å². The summed E-state index contributed by atoms with van der Waals surface area (Å²) in [6.07, 6.45) is 2.57. The number of benzene rings is 3. The van der Waals surface area contributed by atoms with Gasteiger partial charge in [-0.15, -0.1) is 0 Å². The highest BCUT2D eigenvalue weighted by Crippen LogP contribution is 2.25. The number of rotatable bonds is 9. The van der Waals surface area contributed by atoms with Gasteiger partial charge in [0.2, 0.25) is 0 Å². The number of hydrogen-bond acceptors (Lipinski definition) is 6. The number of carbonyl (C=O) groups excluding carboxylic acids is 1. The molecule has 0 spiro atoms. The lowest BCUT2D eigenvalue weighted by atomic mass is 10.1. The Bertz CT molecular complexity index is 1540. The molecule has 0 atom stereocenters. The number of ether oxygens (including phenoxy) is 1. The first-order valence-electron chi connectivity index (χ1n) is 13.3. The van der Waals surface area contributed by atoms with Crippen molar-refractivity contribution >= 4 is 26.6 Å². The fourth-order valence-electron chi connectivity index (χ4n) is 4.89. The predicted octanol–water partition coefficient (Wildman–Crippen LogP) is 4.96. The highest BCUT2D eigenvalue weighted by molar-refractivity contribution is 7.90. The summed E-state index contributed by atoms with van der Waals surface area (Å²) < 4.78 is 32.3. The van der Waals surface area contributed by atoms with Crippen LogP contribution in [0.25, 0.3) is 10.9 Å². The predicted molar refractivity (Wildman–Crippen MR) is 152 cm³/mol. The number of nitrogens with zero attached hydrogens (tertiary/aromatic N) is 3. The third-order valence-corrected chi connectivity index (χ3v) is 8.69. The zero-order valence-corrected chi connectivity index (χ0v) is 22.9. The van der Waals surface area contributed by atoms with Crippen LogP contribution in [0.1, 0.15) is 34.8 Å². The van der Waals surface area contributed by atoms with Gasteiger partial charge in [-0.05, 0) is 42.3 Å². The van der Waals surface area contributed by atoms with Gasteiger partial charge in [-0.2, -0.15) is 0 Å². The Morgan fingerprint density at radius 2 is 1.64 bits per heavy atom. The van der Waals surface area contributed by atoms with Gasteiger partial charge >= 0.3 is 0 Å². The third kappa shape index (κ3) is 6.29. The molecule has 3 aromatic carbocycles. The maximum Gasteiger partial charge on any atom is 0.253 e. The number of sulfone groups is 1. The fourth-order valence-corrected chi connectivity index (χ4v) is 6.43. The zero-order valence-electron chi connectivity index (χ0n) is 22.1. The van der Waals surface area contributed by atoms with Crippen LogP contribution in [0.15, 0.2) is 90.0 Å². The maximum atomic E-state index is 13.2. The first kappa shape index (κ1) is 26.8. The number of aromatic nitrogens is 1. The highest BCUT2D eigenvalue weighted by Gasteiger charge is 2.24. The molecule has 5 rings (SSSR count). The van der Waals surface area contributed by atoms with E-state index in [4.69, 9.17) is 4.74 Å². The molecular weight excluding hydrogens is 510 g/mol. The van der Waals surface area contributed by atoms with Crippen LogP contribution in [0.4, 0.5) is 0 Å². The second-order valence-electron chi connectivity index (χ2n) is 9.81. The first-order chi connectivity index (χ1) is 18.9. The number of amides is 1. The van der Waals surface area contributed by atoms with Gasteiger partial charge in [0.25, 0.3) is 5.91 Å². The van der Waals surface area contributed by atoms with Crippen LogP contribution in [0.5, 0.6) is 5.75 Å². The van der Waals surface area contributed by atoms with E-state index in [1.165, 1.54) is 0 Å². The summed E-state index contributed by atoms with van der Waals surface area (Å²) in [7, 11) is -3.61. The second-order valence-corrected chi connectivity index (χ2v) is 11.8. The molecule has 0 radical (unpaired) electrons. The molecule has 1 aliphatic heterocycles.